The second kappa shape index (κ2) is 5.51. The van der Waals surface area contributed by atoms with E-state index in [9.17, 15) is 4.79 Å². The molecular formula is C17H17N5O. The Morgan fingerprint density at radius 3 is 2.48 bits per heavy atom. The van der Waals surface area contributed by atoms with E-state index in [1.54, 1.807) is 41.5 Å². The topological polar surface area (TPSA) is 74.8 Å². The van der Waals surface area contributed by atoms with Crippen molar-refractivity contribution in [1.29, 1.82) is 5.26 Å². The predicted octanol–water partition coefficient (Wildman–Crippen LogP) is 2.16. The SMILES string of the molecule is N#Cc1cccc(C(=O)N2C3CCC2CC(n2nccn2)C3)c1. The number of aromatic nitrogens is 3. The molecule has 6 heteroatoms. The number of fused-ring (bicyclic) bond motifs is 2. The lowest BCUT2D eigenvalue weighted by molar-refractivity contribution is 0.0512. The molecule has 6 nitrogen and oxygen atoms in total. The number of hydrogen-bond acceptors (Lipinski definition) is 4. The van der Waals surface area contributed by atoms with E-state index in [1.807, 2.05) is 4.90 Å². The van der Waals surface area contributed by atoms with E-state index in [-0.39, 0.29) is 24.0 Å². The highest BCUT2D eigenvalue weighted by molar-refractivity contribution is 5.95. The highest BCUT2D eigenvalue weighted by Crippen LogP contribution is 2.41. The van der Waals surface area contributed by atoms with Gasteiger partial charge in [-0.15, -0.1) is 0 Å². The van der Waals surface area contributed by atoms with Crippen molar-refractivity contribution in [3.8, 4) is 6.07 Å². The van der Waals surface area contributed by atoms with Gasteiger partial charge in [0.1, 0.15) is 0 Å². The van der Waals surface area contributed by atoms with Gasteiger partial charge < -0.3 is 4.90 Å². The molecule has 2 saturated heterocycles. The maximum Gasteiger partial charge on any atom is 0.254 e. The Morgan fingerprint density at radius 1 is 1.13 bits per heavy atom. The lowest BCUT2D eigenvalue weighted by Gasteiger charge is -2.38. The van der Waals surface area contributed by atoms with Crippen LogP contribution in [0.15, 0.2) is 36.7 Å². The average molecular weight is 307 g/mol. The maximum atomic E-state index is 12.9. The summed E-state index contributed by atoms with van der Waals surface area (Å²) < 4.78 is 0. The number of amides is 1. The van der Waals surface area contributed by atoms with Crippen LogP contribution in [-0.4, -0.2) is 37.9 Å². The second-order valence-electron chi connectivity index (χ2n) is 6.26. The van der Waals surface area contributed by atoms with Crippen molar-refractivity contribution in [1.82, 2.24) is 19.9 Å². The summed E-state index contributed by atoms with van der Waals surface area (Å²) in [5.74, 6) is 0.0430. The van der Waals surface area contributed by atoms with Crippen LogP contribution in [0.1, 0.15) is 47.6 Å². The Bertz CT molecular complexity index is 750. The normalized spacial score (nSPS) is 26.0. The van der Waals surface area contributed by atoms with E-state index < -0.39 is 0 Å². The molecule has 0 radical (unpaired) electrons. The first-order valence-electron chi connectivity index (χ1n) is 7.95. The lowest BCUT2D eigenvalue weighted by atomic mass is 9.96. The van der Waals surface area contributed by atoms with E-state index in [1.165, 1.54) is 0 Å². The number of nitriles is 1. The summed E-state index contributed by atoms with van der Waals surface area (Å²) >= 11 is 0. The molecule has 23 heavy (non-hydrogen) atoms. The van der Waals surface area contributed by atoms with Crippen molar-refractivity contribution in [3.63, 3.8) is 0 Å². The van der Waals surface area contributed by atoms with Gasteiger partial charge in [-0.05, 0) is 43.9 Å². The summed E-state index contributed by atoms with van der Waals surface area (Å²) in [4.78, 5) is 16.7. The molecule has 1 aromatic heterocycles. The maximum absolute atomic E-state index is 12.9. The molecule has 0 N–H and O–H groups in total. The van der Waals surface area contributed by atoms with E-state index in [4.69, 9.17) is 5.26 Å². The van der Waals surface area contributed by atoms with Crippen LogP contribution in [0.4, 0.5) is 0 Å². The van der Waals surface area contributed by atoms with Crippen molar-refractivity contribution >= 4 is 5.91 Å². The Hall–Kier alpha value is -2.68. The average Bonchev–Trinajstić information content (AvgIpc) is 3.21. The zero-order valence-corrected chi connectivity index (χ0v) is 12.7. The zero-order valence-electron chi connectivity index (χ0n) is 12.7. The summed E-state index contributed by atoms with van der Waals surface area (Å²) in [5, 5.41) is 17.5. The highest BCUT2D eigenvalue weighted by Gasteiger charge is 2.44. The highest BCUT2D eigenvalue weighted by atomic mass is 16.2. The molecule has 2 atom stereocenters. The van der Waals surface area contributed by atoms with Gasteiger partial charge in [-0.25, -0.2) is 0 Å². The molecular weight excluding hydrogens is 290 g/mol. The van der Waals surface area contributed by atoms with Crippen LogP contribution >= 0.6 is 0 Å². The standard InChI is InChI=1S/C17H17N5O/c18-11-12-2-1-3-13(8-12)17(23)21-14-4-5-15(21)10-16(9-14)22-19-6-7-20-22/h1-3,6-8,14-16H,4-5,9-10H2. The van der Waals surface area contributed by atoms with Gasteiger partial charge >= 0.3 is 0 Å². The number of piperidine rings is 1. The number of benzene rings is 1. The van der Waals surface area contributed by atoms with Crippen molar-refractivity contribution < 1.29 is 4.79 Å². The molecule has 0 aliphatic carbocycles. The summed E-state index contributed by atoms with van der Waals surface area (Å²) in [6, 6.07) is 9.82. The van der Waals surface area contributed by atoms with Crippen LogP contribution in [-0.2, 0) is 0 Å². The number of nitrogens with zero attached hydrogens (tertiary/aromatic N) is 5. The molecule has 1 amide bonds. The minimum absolute atomic E-state index is 0.0430. The van der Waals surface area contributed by atoms with Crippen molar-refractivity contribution in [2.45, 2.75) is 43.8 Å². The Balaban J connectivity index is 1.57. The molecule has 3 heterocycles. The van der Waals surface area contributed by atoms with E-state index in [0.29, 0.717) is 11.1 Å². The van der Waals surface area contributed by atoms with E-state index in [2.05, 4.69) is 16.3 Å². The number of carbonyl (C=O) groups is 1. The third kappa shape index (κ3) is 2.38. The van der Waals surface area contributed by atoms with E-state index >= 15 is 0 Å². The summed E-state index contributed by atoms with van der Waals surface area (Å²) in [6.07, 6.45) is 7.27. The van der Waals surface area contributed by atoms with Gasteiger partial charge in [0.2, 0.25) is 0 Å². The quantitative estimate of drug-likeness (QED) is 0.852. The van der Waals surface area contributed by atoms with Gasteiger partial charge in [0.15, 0.2) is 0 Å². The van der Waals surface area contributed by atoms with Crippen molar-refractivity contribution in [2.24, 2.45) is 0 Å². The van der Waals surface area contributed by atoms with E-state index in [0.717, 1.165) is 25.7 Å². The summed E-state index contributed by atoms with van der Waals surface area (Å²) in [6.45, 7) is 0. The first kappa shape index (κ1) is 13.9. The molecule has 1 aromatic carbocycles. The molecule has 2 aliphatic rings. The minimum Gasteiger partial charge on any atom is -0.333 e. The Labute approximate surface area is 134 Å². The molecule has 4 rings (SSSR count). The Kier molecular flexibility index (Phi) is 3.34. The molecule has 0 spiro atoms. The molecule has 2 fully saturated rings. The van der Waals surface area contributed by atoms with Crippen molar-refractivity contribution in [3.05, 3.63) is 47.8 Å². The largest absolute Gasteiger partial charge is 0.333 e. The first-order chi connectivity index (χ1) is 11.3. The van der Waals surface area contributed by atoms with Gasteiger partial charge in [-0.3, -0.25) is 4.79 Å². The first-order valence-corrected chi connectivity index (χ1v) is 7.95. The van der Waals surface area contributed by atoms with Crippen LogP contribution in [0.2, 0.25) is 0 Å². The fourth-order valence-corrected chi connectivity index (χ4v) is 3.95. The molecule has 2 aromatic rings. The third-order valence-corrected chi connectivity index (χ3v) is 4.94. The van der Waals surface area contributed by atoms with Crippen molar-refractivity contribution in [2.75, 3.05) is 0 Å². The van der Waals surface area contributed by atoms with Gasteiger partial charge in [0.25, 0.3) is 5.91 Å². The molecule has 116 valence electrons. The fourth-order valence-electron chi connectivity index (χ4n) is 3.95. The Morgan fingerprint density at radius 2 is 1.83 bits per heavy atom. The summed E-state index contributed by atoms with van der Waals surface area (Å²) in [5.41, 5.74) is 1.13. The molecule has 0 saturated carbocycles. The number of rotatable bonds is 2. The number of hydrogen-bond donors (Lipinski definition) is 0. The van der Waals surface area contributed by atoms with Gasteiger partial charge in [-0.2, -0.15) is 20.3 Å². The van der Waals surface area contributed by atoms with Crippen LogP contribution in [0.3, 0.4) is 0 Å². The van der Waals surface area contributed by atoms with Crippen LogP contribution < -0.4 is 0 Å². The molecule has 2 bridgehead atoms. The predicted molar refractivity (Wildman–Crippen MR) is 82.4 cm³/mol. The minimum atomic E-state index is 0.0430. The van der Waals surface area contributed by atoms with Gasteiger partial charge in [-0.1, -0.05) is 6.07 Å². The van der Waals surface area contributed by atoms with Crippen LogP contribution in [0, 0.1) is 11.3 Å². The van der Waals surface area contributed by atoms with Gasteiger partial charge in [0.05, 0.1) is 30.1 Å². The lowest BCUT2D eigenvalue weighted by Crippen LogP contribution is -2.47. The zero-order chi connectivity index (χ0) is 15.8. The van der Waals surface area contributed by atoms with Crippen LogP contribution in [0.5, 0.6) is 0 Å². The smallest absolute Gasteiger partial charge is 0.254 e. The monoisotopic (exact) mass is 307 g/mol. The molecule has 2 unspecified atom stereocenters. The van der Waals surface area contributed by atoms with Gasteiger partial charge in [0, 0.05) is 17.6 Å². The molecule has 2 aliphatic heterocycles. The fraction of sp³-hybridized carbons (Fsp3) is 0.412. The van der Waals surface area contributed by atoms with Crippen LogP contribution in [0.25, 0.3) is 0 Å². The number of carbonyl (C=O) groups excluding carboxylic acids is 1. The second-order valence-corrected chi connectivity index (χ2v) is 6.26. The third-order valence-electron chi connectivity index (χ3n) is 4.94. The summed E-state index contributed by atoms with van der Waals surface area (Å²) in [7, 11) is 0.